The molecule has 2 saturated heterocycles. The van der Waals surface area contributed by atoms with Crippen LogP contribution in [0.4, 0.5) is 0 Å². The van der Waals surface area contributed by atoms with E-state index < -0.39 is 41.1 Å². The largest absolute Gasteiger partial charge is 0.497 e. The first-order valence-corrected chi connectivity index (χ1v) is 11.9. The molecule has 0 amide bonds. The van der Waals surface area contributed by atoms with Gasteiger partial charge < -0.3 is 14.2 Å². The highest BCUT2D eigenvalue weighted by Gasteiger charge is 2.75. The fourth-order valence-electron chi connectivity index (χ4n) is 6.36. The highest BCUT2D eigenvalue weighted by Crippen LogP contribution is 2.63. The molecule has 0 N–H and O–H groups in total. The van der Waals surface area contributed by atoms with Crippen molar-refractivity contribution in [3.63, 3.8) is 0 Å². The van der Waals surface area contributed by atoms with Crippen LogP contribution in [0, 0.1) is 5.41 Å². The summed E-state index contributed by atoms with van der Waals surface area (Å²) in [4.78, 5) is 41.5. The van der Waals surface area contributed by atoms with Crippen molar-refractivity contribution in [2.45, 2.75) is 56.4 Å². The molecule has 6 rings (SSSR count). The fourth-order valence-corrected chi connectivity index (χ4v) is 6.36. The molecule has 8 heteroatoms. The van der Waals surface area contributed by atoms with Crippen LogP contribution in [-0.2, 0) is 23.9 Å². The van der Waals surface area contributed by atoms with Gasteiger partial charge in [0.15, 0.2) is 5.78 Å². The Kier molecular flexibility index (Phi) is 4.78. The Bertz CT molecular complexity index is 1230. The standard InChI is InChI=1S/C27H26N2O6/c1-16(30)22-21(17-9-11-19(33-2)12-10-17)27(23-20-8-4-3-7-18(20)15-28-29(22)23)24(31)34-26(35-25(27)32)13-5-6-14-26/h3-4,7-12,15,21-23H,5-6,13-14H2,1-2H3/t21-,22-,23?/m0/s1. The number of hydrogen-bond donors (Lipinski definition) is 0. The van der Waals surface area contributed by atoms with Crippen molar-refractivity contribution < 1.29 is 28.6 Å². The van der Waals surface area contributed by atoms with Crippen molar-refractivity contribution >= 4 is 23.9 Å². The van der Waals surface area contributed by atoms with Crippen molar-refractivity contribution in [2.24, 2.45) is 10.5 Å². The SMILES string of the molecule is COc1ccc([C@H]2[C@H](C(C)=O)N3N=Cc4ccccc4C3C23C(=O)OC2(CCCC2)OC3=O)cc1. The number of benzene rings is 2. The number of fused-ring (bicyclic) bond motifs is 4. The zero-order chi connectivity index (χ0) is 24.4. The maximum absolute atomic E-state index is 14.2. The minimum atomic E-state index is -1.80. The molecule has 2 spiro atoms. The van der Waals surface area contributed by atoms with E-state index in [4.69, 9.17) is 14.2 Å². The summed E-state index contributed by atoms with van der Waals surface area (Å²) in [5.41, 5.74) is 0.366. The van der Waals surface area contributed by atoms with E-state index in [0.29, 0.717) is 24.2 Å². The minimum Gasteiger partial charge on any atom is -0.497 e. The van der Waals surface area contributed by atoms with Crippen molar-refractivity contribution in [1.29, 1.82) is 0 Å². The molecule has 4 aliphatic rings. The van der Waals surface area contributed by atoms with E-state index in [1.807, 2.05) is 24.3 Å². The van der Waals surface area contributed by atoms with Gasteiger partial charge >= 0.3 is 11.9 Å². The van der Waals surface area contributed by atoms with Crippen LogP contribution in [0.2, 0.25) is 0 Å². The van der Waals surface area contributed by atoms with Gasteiger partial charge in [0.05, 0.1) is 13.3 Å². The van der Waals surface area contributed by atoms with Gasteiger partial charge in [-0.2, -0.15) is 5.10 Å². The topological polar surface area (TPSA) is 94.5 Å². The molecular formula is C27H26N2O6. The predicted octanol–water partition coefficient (Wildman–Crippen LogP) is 3.50. The lowest BCUT2D eigenvalue weighted by molar-refractivity contribution is -0.263. The summed E-state index contributed by atoms with van der Waals surface area (Å²) in [6, 6.07) is 12.9. The first-order chi connectivity index (χ1) is 16.9. The molecule has 3 fully saturated rings. The molecule has 1 unspecified atom stereocenters. The number of methoxy groups -OCH3 is 1. The molecule has 3 heterocycles. The lowest BCUT2D eigenvalue weighted by atomic mass is 9.65. The normalized spacial score (nSPS) is 27.4. The van der Waals surface area contributed by atoms with E-state index >= 15 is 0 Å². The molecule has 3 atom stereocenters. The van der Waals surface area contributed by atoms with E-state index in [9.17, 15) is 14.4 Å². The Balaban J connectivity index is 1.60. The monoisotopic (exact) mass is 474 g/mol. The second-order valence-corrected chi connectivity index (χ2v) is 9.73. The van der Waals surface area contributed by atoms with Gasteiger partial charge in [-0.3, -0.25) is 19.4 Å². The fraction of sp³-hybridized carbons (Fsp3) is 0.407. The Labute approximate surface area is 202 Å². The third-order valence-electron chi connectivity index (χ3n) is 7.90. The van der Waals surface area contributed by atoms with Crippen LogP contribution in [0.25, 0.3) is 0 Å². The zero-order valence-electron chi connectivity index (χ0n) is 19.6. The van der Waals surface area contributed by atoms with Gasteiger partial charge in [-0.25, -0.2) is 0 Å². The number of ketones is 1. The summed E-state index contributed by atoms with van der Waals surface area (Å²) in [6.07, 6.45) is 4.26. The number of Topliss-reactive ketones (excluding diaryl/α,β-unsaturated/α-hetero) is 1. The number of nitrogens with zero attached hydrogens (tertiary/aromatic N) is 2. The first-order valence-electron chi connectivity index (χ1n) is 11.9. The smallest absolute Gasteiger partial charge is 0.330 e. The second kappa shape index (κ2) is 7.66. The maximum atomic E-state index is 14.2. The quantitative estimate of drug-likeness (QED) is 0.496. The summed E-state index contributed by atoms with van der Waals surface area (Å²) in [7, 11) is 1.56. The number of hydrazone groups is 1. The molecule has 35 heavy (non-hydrogen) atoms. The molecule has 3 aliphatic heterocycles. The third kappa shape index (κ3) is 2.92. The molecule has 2 aromatic carbocycles. The summed E-state index contributed by atoms with van der Waals surface area (Å²) in [5, 5.41) is 6.21. The van der Waals surface area contributed by atoms with Gasteiger partial charge in [0, 0.05) is 18.8 Å². The number of rotatable bonds is 3. The van der Waals surface area contributed by atoms with E-state index in [1.54, 1.807) is 42.6 Å². The Morgan fingerprint density at radius 3 is 2.31 bits per heavy atom. The lowest BCUT2D eigenvalue weighted by Gasteiger charge is -2.45. The Hall–Kier alpha value is -3.68. The van der Waals surface area contributed by atoms with Crippen LogP contribution in [0.3, 0.4) is 0 Å². The summed E-state index contributed by atoms with van der Waals surface area (Å²) in [6.45, 7) is 1.46. The van der Waals surface area contributed by atoms with Gasteiger partial charge in [-0.05, 0) is 48.6 Å². The van der Waals surface area contributed by atoms with Crippen molar-refractivity contribution in [1.82, 2.24) is 5.01 Å². The number of ether oxygens (including phenoxy) is 3. The molecule has 0 bridgehead atoms. The van der Waals surface area contributed by atoms with Crippen molar-refractivity contribution in [3.8, 4) is 5.75 Å². The van der Waals surface area contributed by atoms with Crippen LogP contribution in [0.5, 0.6) is 5.75 Å². The highest BCUT2D eigenvalue weighted by molar-refractivity contribution is 6.07. The van der Waals surface area contributed by atoms with Crippen LogP contribution in [0.15, 0.2) is 53.6 Å². The van der Waals surface area contributed by atoms with Gasteiger partial charge in [-0.15, -0.1) is 0 Å². The van der Waals surface area contributed by atoms with Crippen LogP contribution >= 0.6 is 0 Å². The number of hydrogen-bond acceptors (Lipinski definition) is 8. The van der Waals surface area contributed by atoms with Gasteiger partial charge in [-0.1, -0.05) is 36.4 Å². The summed E-state index contributed by atoms with van der Waals surface area (Å²) >= 11 is 0. The average Bonchev–Trinajstić information content (AvgIpc) is 3.44. The summed E-state index contributed by atoms with van der Waals surface area (Å²) in [5.74, 6) is -2.96. The average molecular weight is 475 g/mol. The van der Waals surface area contributed by atoms with Gasteiger partial charge in [0.25, 0.3) is 5.79 Å². The first kappa shape index (κ1) is 21.8. The number of carbonyl (C=O) groups excluding carboxylic acids is 3. The van der Waals surface area contributed by atoms with E-state index in [1.165, 1.54) is 6.92 Å². The highest BCUT2D eigenvalue weighted by atomic mass is 16.7. The Morgan fingerprint density at radius 1 is 1.03 bits per heavy atom. The molecule has 1 saturated carbocycles. The van der Waals surface area contributed by atoms with E-state index in [0.717, 1.165) is 24.0 Å². The lowest BCUT2D eigenvalue weighted by Crippen LogP contribution is -2.59. The van der Waals surface area contributed by atoms with Crippen LogP contribution in [-0.4, -0.2) is 47.9 Å². The van der Waals surface area contributed by atoms with Gasteiger partial charge in [0.1, 0.15) is 17.8 Å². The van der Waals surface area contributed by atoms with Crippen LogP contribution in [0.1, 0.15) is 61.3 Å². The van der Waals surface area contributed by atoms with Gasteiger partial charge in [0.2, 0.25) is 5.41 Å². The van der Waals surface area contributed by atoms with E-state index in [2.05, 4.69) is 5.10 Å². The molecular weight excluding hydrogens is 448 g/mol. The molecule has 2 aromatic rings. The minimum absolute atomic E-state index is 0.203. The third-order valence-corrected chi connectivity index (χ3v) is 7.90. The molecule has 180 valence electrons. The van der Waals surface area contributed by atoms with Crippen molar-refractivity contribution in [3.05, 3.63) is 65.2 Å². The number of esters is 2. The van der Waals surface area contributed by atoms with E-state index in [-0.39, 0.29) is 5.78 Å². The molecule has 8 nitrogen and oxygen atoms in total. The summed E-state index contributed by atoms with van der Waals surface area (Å²) < 4.78 is 17.4. The van der Waals surface area contributed by atoms with Crippen LogP contribution < -0.4 is 4.74 Å². The molecule has 1 aliphatic carbocycles. The Morgan fingerprint density at radius 2 is 1.69 bits per heavy atom. The maximum Gasteiger partial charge on any atom is 0.330 e. The zero-order valence-corrected chi connectivity index (χ0v) is 19.6. The second-order valence-electron chi connectivity index (χ2n) is 9.73. The number of carbonyl (C=O) groups is 3. The molecule has 0 radical (unpaired) electrons. The molecule has 0 aromatic heterocycles. The predicted molar refractivity (Wildman–Crippen MR) is 125 cm³/mol. The van der Waals surface area contributed by atoms with Crippen molar-refractivity contribution in [2.75, 3.05) is 7.11 Å².